The van der Waals surface area contributed by atoms with Crippen LogP contribution in [0.3, 0.4) is 0 Å². The quantitative estimate of drug-likeness (QED) is 0.600. The Kier molecular flexibility index (Phi) is 1.41. The third-order valence-electron chi connectivity index (χ3n) is 1.98. The number of aromatic nitrogens is 1. The molecule has 1 saturated carbocycles. The van der Waals surface area contributed by atoms with Crippen molar-refractivity contribution in [2.45, 2.75) is 25.7 Å². The van der Waals surface area contributed by atoms with Crippen molar-refractivity contribution >= 4 is 0 Å². The topological polar surface area (TPSA) is 12.9 Å². The molecule has 0 unspecified atom stereocenters. The first-order valence-electron chi connectivity index (χ1n) is 3.90. The molecule has 1 aromatic rings. The Morgan fingerprint density at radius 3 is 2.82 bits per heavy atom. The Morgan fingerprint density at radius 1 is 1.45 bits per heavy atom. The minimum atomic E-state index is -0.141. The molecule has 1 aromatic heterocycles. The van der Waals surface area contributed by atoms with Gasteiger partial charge in [0.25, 0.3) is 0 Å². The highest BCUT2D eigenvalue weighted by Gasteiger charge is 2.27. The predicted molar refractivity (Wildman–Crippen MR) is 40.9 cm³/mol. The third-order valence-corrected chi connectivity index (χ3v) is 1.98. The van der Waals surface area contributed by atoms with E-state index in [4.69, 9.17) is 0 Å². The number of hydrogen-bond acceptors (Lipinski definition) is 1. The smallest absolute Gasteiger partial charge is 0.144 e. The number of pyridine rings is 1. The van der Waals surface area contributed by atoms with Gasteiger partial charge in [0.15, 0.2) is 0 Å². The average molecular weight is 151 g/mol. The average Bonchev–Trinajstić information content (AvgIpc) is 2.76. The Bertz CT molecular complexity index is 279. The molecule has 0 N–H and O–H groups in total. The van der Waals surface area contributed by atoms with Crippen molar-refractivity contribution in [3.8, 4) is 0 Å². The zero-order valence-corrected chi connectivity index (χ0v) is 6.47. The number of hydrogen-bond donors (Lipinski definition) is 0. The van der Waals surface area contributed by atoms with E-state index in [2.05, 4.69) is 4.98 Å². The van der Waals surface area contributed by atoms with Crippen molar-refractivity contribution in [1.82, 2.24) is 4.98 Å². The van der Waals surface area contributed by atoms with Crippen LogP contribution in [-0.4, -0.2) is 4.98 Å². The van der Waals surface area contributed by atoms with E-state index in [1.54, 1.807) is 6.07 Å². The second kappa shape index (κ2) is 2.29. The Hall–Kier alpha value is -0.920. The molecule has 1 nitrogen and oxygen atoms in total. The third kappa shape index (κ3) is 1.25. The van der Waals surface area contributed by atoms with Crippen LogP contribution in [0.4, 0.5) is 4.39 Å². The highest BCUT2D eigenvalue weighted by atomic mass is 19.1. The summed E-state index contributed by atoms with van der Waals surface area (Å²) in [5.74, 6) is 0.271. The highest BCUT2D eigenvalue weighted by Crippen LogP contribution is 2.39. The molecule has 0 amide bonds. The van der Waals surface area contributed by atoms with Gasteiger partial charge in [-0.3, -0.25) is 4.98 Å². The second-order valence-electron chi connectivity index (χ2n) is 3.09. The lowest BCUT2D eigenvalue weighted by Gasteiger charge is -1.99. The lowest BCUT2D eigenvalue weighted by Crippen LogP contribution is -1.93. The first kappa shape index (κ1) is 6.77. The molecule has 1 aliphatic carbocycles. The molecule has 0 radical (unpaired) electrons. The number of nitrogens with zero attached hydrogens (tertiary/aromatic N) is 1. The van der Waals surface area contributed by atoms with E-state index in [0.717, 1.165) is 18.5 Å². The van der Waals surface area contributed by atoms with Crippen LogP contribution in [-0.2, 0) is 0 Å². The first-order chi connectivity index (χ1) is 5.27. The van der Waals surface area contributed by atoms with Crippen molar-refractivity contribution in [2.75, 3.05) is 0 Å². The Morgan fingerprint density at radius 2 is 2.18 bits per heavy atom. The summed E-state index contributed by atoms with van der Waals surface area (Å²) < 4.78 is 13.0. The molecule has 2 heteroatoms. The summed E-state index contributed by atoms with van der Waals surface area (Å²) in [4.78, 5) is 4.16. The molecule has 0 bridgehead atoms. The monoisotopic (exact) mass is 151 g/mol. The summed E-state index contributed by atoms with van der Waals surface area (Å²) in [6, 6.07) is 3.22. The molecule has 0 saturated heterocycles. The summed E-state index contributed by atoms with van der Waals surface area (Å²) in [5.41, 5.74) is 1.58. The molecule has 0 spiro atoms. The molecule has 58 valence electrons. The van der Waals surface area contributed by atoms with Gasteiger partial charge in [-0.05, 0) is 31.9 Å². The van der Waals surface area contributed by atoms with E-state index < -0.39 is 0 Å². The summed E-state index contributed by atoms with van der Waals surface area (Å²) in [6.07, 6.45) is 2.21. The fourth-order valence-corrected chi connectivity index (χ4v) is 1.20. The molecule has 1 aliphatic rings. The number of rotatable bonds is 1. The van der Waals surface area contributed by atoms with E-state index in [9.17, 15) is 4.39 Å². The van der Waals surface area contributed by atoms with Crippen molar-refractivity contribution < 1.29 is 4.39 Å². The first-order valence-corrected chi connectivity index (χ1v) is 3.90. The predicted octanol–water partition coefficient (Wildman–Crippen LogP) is 2.41. The minimum absolute atomic E-state index is 0.141. The maximum Gasteiger partial charge on any atom is 0.144 e. The van der Waals surface area contributed by atoms with Crippen LogP contribution in [0, 0.1) is 12.7 Å². The van der Waals surface area contributed by atoms with Gasteiger partial charge < -0.3 is 0 Å². The molecular weight excluding hydrogens is 141 g/mol. The molecule has 1 fully saturated rings. The molecule has 1 heterocycles. The van der Waals surface area contributed by atoms with Gasteiger partial charge in [-0.1, -0.05) is 0 Å². The largest absolute Gasteiger partial charge is 0.255 e. The van der Waals surface area contributed by atoms with Crippen LogP contribution in [0.1, 0.15) is 30.1 Å². The van der Waals surface area contributed by atoms with Gasteiger partial charge in [-0.15, -0.1) is 0 Å². The maximum atomic E-state index is 13.0. The number of aryl methyl sites for hydroxylation is 1. The molecule has 0 atom stereocenters. The van der Waals surface area contributed by atoms with Crippen LogP contribution < -0.4 is 0 Å². The lowest BCUT2D eigenvalue weighted by atomic mass is 10.2. The van der Waals surface area contributed by atoms with Crippen LogP contribution in [0.15, 0.2) is 12.1 Å². The van der Waals surface area contributed by atoms with Crippen molar-refractivity contribution in [2.24, 2.45) is 0 Å². The normalized spacial score (nSPS) is 16.9. The molecule has 0 aliphatic heterocycles. The van der Waals surface area contributed by atoms with E-state index in [1.165, 1.54) is 6.07 Å². The summed E-state index contributed by atoms with van der Waals surface area (Å²) in [5, 5.41) is 0. The highest BCUT2D eigenvalue weighted by molar-refractivity contribution is 5.19. The fraction of sp³-hybridized carbons (Fsp3) is 0.444. The number of halogens is 1. The van der Waals surface area contributed by atoms with Crippen molar-refractivity contribution in [3.05, 3.63) is 29.3 Å². The zero-order valence-electron chi connectivity index (χ0n) is 6.47. The van der Waals surface area contributed by atoms with E-state index in [0.29, 0.717) is 11.6 Å². The minimum Gasteiger partial charge on any atom is -0.255 e. The van der Waals surface area contributed by atoms with Gasteiger partial charge in [-0.25, -0.2) is 4.39 Å². The van der Waals surface area contributed by atoms with E-state index in [1.807, 2.05) is 6.92 Å². The Labute approximate surface area is 65.3 Å². The van der Waals surface area contributed by atoms with Crippen LogP contribution in [0.2, 0.25) is 0 Å². The van der Waals surface area contributed by atoms with Gasteiger partial charge in [0.2, 0.25) is 0 Å². The summed E-state index contributed by atoms with van der Waals surface area (Å²) in [7, 11) is 0. The zero-order chi connectivity index (χ0) is 7.84. The van der Waals surface area contributed by atoms with E-state index >= 15 is 0 Å². The summed E-state index contributed by atoms with van der Waals surface area (Å²) in [6.45, 7) is 1.89. The van der Waals surface area contributed by atoms with Crippen molar-refractivity contribution in [3.63, 3.8) is 0 Å². The second-order valence-corrected chi connectivity index (χ2v) is 3.09. The fourth-order valence-electron chi connectivity index (χ4n) is 1.20. The van der Waals surface area contributed by atoms with Gasteiger partial charge in [0.1, 0.15) is 5.82 Å². The molecular formula is C9H10FN. The molecule has 2 rings (SSSR count). The lowest BCUT2D eigenvalue weighted by molar-refractivity contribution is 0.598. The SMILES string of the molecule is Cc1ccc(F)c(C2CC2)n1. The van der Waals surface area contributed by atoms with Gasteiger partial charge in [-0.2, -0.15) is 0 Å². The van der Waals surface area contributed by atoms with E-state index in [-0.39, 0.29) is 5.82 Å². The Balaban J connectivity index is 2.42. The van der Waals surface area contributed by atoms with Crippen LogP contribution in [0.5, 0.6) is 0 Å². The summed E-state index contributed by atoms with van der Waals surface area (Å²) >= 11 is 0. The molecule has 11 heavy (non-hydrogen) atoms. The van der Waals surface area contributed by atoms with Gasteiger partial charge >= 0.3 is 0 Å². The van der Waals surface area contributed by atoms with Crippen LogP contribution >= 0.6 is 0 Å². The van der Waals surface area contributed by atoms with Crippen molar-refractivity contribution in [1.29, 1.82) is 0 Å². The molecule has 0 aromatic carbocycles. The van der Waals surface area contributed by atoms with Crippen LogP contribution in [0.25, 0.3) is 0 Å². The maximum absolute atomic E-state index is 13.0. The van der Waals surface area contributed by atoms with Gasteiger partial charge in [0.05, 0.1) is 5.69 Å². The standard InChI is InChI=1S/C9H10FN/c1-6-2-5-8(10)9(11-6)7-3-4-7/h2,5,7H,3-4H2,1H3. The van der Waals surface area contributed by atoms with Gasteiger partial charge in [0, 0.05) is 11.6 Å².